The lowest BCUT2D eigenvalue weighted by Gasteiger charge is -2.20. The number of likely N-dealkylation sites (tertiary alicyclic amines) is 1. The number of rotatable bonds is 3. The average molecular weight is 304 g/mol. The zero-order chi connectivity index (χ0) is 15.9. The lowest BCUT2D eigenvalue weighted by Crippen LogP contribution is -2.35. The van der Waals surface area contributed by atoms with Gasteiger partial charge in [-0.2, -0.15) is 0 Å². The van der Waals surface area contributed by atoms with Crippen molar-refractivity contribution in [2.45, 2.75) is 19.8 Å². The molecule has 0 aliphatic carbocycles. The molecule has 116 valence electrons. The molecule has 1 aromatic carbocycles. The molecule has 2 N–H and O–H groups in total. The zero-order valence-corrected chi connectivity index (χ0v) is 12.2. The van der Waals surface area contributed by atoms with Crippen LogP contribution < -0.4 is 0 Å². The predicted molar refractivity (Wildman–Crippen MR) is 78.9 cm³/mol. The summed E-state index contributed by atoms with van der Waals surface area (Å²) in [7, 11) is 0. The number of halogens is 1. The highest BCUT2D eigenvalue weighted by atomic mass is 19.1. The second-order valence-corrected chi connectivity index (χ2v) is 6.11. The molecule has 1 fully saturated rings. The number of fused-ring (bicyclic) bond motifs is 1. The number of carboxylic acid groups (broad SMARTS) is 1. The molecular weight excluding hydrogens is 287 g/mol. The van der Waals surface area contributed by atoms with Crippen LogP contribution in [-0.2, 0) is 16.0 Å². The number of carbonyl (C=O) groups excluding carboxylic acids is 1. The van der Waals surface area contributed by atoms with E-state index >= 15 is 0 Å². The minimum Gasteiger partial charge on any atom is -0.481 e. The van der Waals surface area contributed by atoms with E-state index in [1.54, 1.807) is 24.1 Å². The summed E-state index contributed by atoms with van der Waals surface area (Å²) in [6.07, 6.45) is 2.30. The number of nitrogens with one attached hydrogen (secondary N) is 1. The van der Waals surface area contributed by atoms with E-state index in [2.05, 4.69) is 4.98 Å². The smallest absolute Gasteiger partial charge is 0.311 e. The van der Waals surface area contributed by atoms with E-state index in [0.717, 1.165) is 11.1 Å². The van der Waals surface area contributed by atoms with Crippen LogP contribution in [0.3, 0.4) is 0 Å². The SMILES string of the molecule is C[C@@]1(C(=O)O)CCN(C(=O)Cc2c[nH]c3ccc(F)cc23)C1. The van der Waals surface area contributed by atoms with Crippen LogP contribution in [-0.4, -0.2) is 40.0 Å². The zero-order valence-electron chi connectivity index (χ0n) is 12.2. The molecule has 0 radical (unpaired) electrons. The van der Waals surface area contributed by atoms with Crippen molar-refractivity contribution >= 4 is 22.8 Å². The van der Waals surface area contributed by atoms with Crippen LogP contribution in [0.5, 0.6) is 0 Å². The molecule has 2 heterocycles. The Morgan fingerprint density at radius 3 is 2.91 bits per heavy atom. The van der Waals surface area contributed by atoms with Gasteiger partial charge in [0.25, 0.3) is 0 Å². The number of benzene rings is 1. The van der Waals surface area contributed by atoms with Gasteiger partial charge in [-0.3, -0.25) is 9.59 Å². The van der Waals surface area contributed by atoms with Crippen LogP contribution in [0.1, 0.15) is 18.9 Å². The molecule has 6 heteroatoms. The van der Waals surface area contributed by atoms with E-state index in [-0.39, 0.29) is 24.7 Å². The number of aromatic amines is 1. The molecular formula is C16H17FN2O3. The topological polar surface area (TPSA) is 73.4 Å². The first-order valence-corrected chi connectivity index (χ1v) is 7.16. The second kappa shape index (κ2) is 5.12. The van der Waals surface area contributed by atoms with Crippen molar-refractivity contribution in [3.63, 3.8) is 0 Å². The van der Waals surface area contributed by atoms with Crippen molar-refractivity contribution < 1.29 is 19.1 Å². The van der Waals surface area contributed by atoms with E-state index < -0.39 is 11.4 Å². The highest BCUT2D eigenvalue weighted by Crippen LogP contribution is 2.31. The molecule has 1 aromatic heterocycles. The third-order valence-electron chi connectivity index (χ3n) is 4.41. The summed E-state index contributed by atoms with van der Waals surface area (Å²) in [6.45, 7) is 2.32. The third kappa shape index (κ3) is 2.45. The van der Waals surface area contributed by atoms with Crippen molar-refractivity contribution in [3.05, 3.63) is 35.8 Å². The minimum absolute atomic E-state index is 0.130. The number of aromatic nitrogens is 1. The maximum absolute atomic E-state index is 13.3. The maximum atomic E-state index is 13.3. The number of carboxylic acids is 1. The standard InChI is InChI=1S/C16H17FN2O3/c1-16(15(21)22)4-5-19(9-16)14(20)6-10-8-18-13-3-2-11(17)7-12(10)13/h2-3,7-8,18H,4-6,9H2,1H3,(H,21,22)/t16-/m1/s1. The minimum atomic E-state index is -0.878. The van der Waals surface area contributed by atoms with Crippen molar-refractivity contribution in [2.24, 2.45) is 5.41 Å². The van der Waals surface area contributed by atoms with Crippen molar-refractivity contribution in [1.29, 1.82) is 0 Å². The number of H-pyrrole nitrogens is 1. The predicted octanol–water partition coefficient (Wildman–Crippen LogP) is 2.17. The Morgan fingerprint density at radius 2 is 2.23 bits per heavy atom. The summed E-state index contributed by atoms with van der Waals surface area (Å²) in [5.41, 5.74) is 0.631. The van der Waals surface area contributed by atoms with Crippen LogP contribution in [0.4, 0.5) is 4.39 Å². The molecule has 0 bridgehead atoms. The lowest BCUT2D eigenvalue weighted by atomic mass is 9.90. The number of hydrogen-bond donors (Lipinski definition) is 2. The number of amides is 1. The van der Waals surface area contributed by atoms with Gasteiger partial charge in [-0.1, -0.05) is 0 Å². The molecule has 1 saturated heterocycles. The molecule has 1 aliphatic heterocycles. The molecule has 0 unspecified atom stereocenters. The summed E-state index contributed by atoms with van der Waals surface area (Å²) < 4.78 is 13.3. The van der Waals surface area contributed by atoms with Crippen LogP contribution in [0.25, 0.3) is 10.9 Å². The number of hydrogen-bond acceptors (Lipinski definition) is 2. The fourth-order valence-electron chi connectivity index (χ4n) is 2.92. The van der Waals surface area contributed by atoms with Crippen LogP contribution >= 0.6 is 0 Å². The molecule has 1 atom stereocenters. The lowest BCUT2D eigenvalue weighted by molar-refractivity contribution is -0.147. The van der Waals surface area contributed by atoms with Gasteiger partial charge in [0.1, 0.15) is 5.82 Å². The summed E-state index contributed by atoms with van der Waals surface area (Å²) in [6, 6.07) is 4.40. The van der Waals surface area contributed by atoms with Gasteiger partial charge in [0.2, 0.25) is 5.91 Å². The van der Waals surface area contributed by atoms with E-state index in [1.807, 2.05) is 0 Å². The highest BCUT2D eigenvalue weighted by molar-refractivity contribution is 5.89. The summed E-state index contributed by atoms with van der Waals surface area (Å²) in [5.74, 6) is -1.35. The normalized spacial score (nSPS) is 21.5. The van der Waals surface area contributed by atoms with Gasteiger partial charge in [-0.15, -0.1) is 0 Å². The molecule has 1 aliphatic rings. The monoisotopic (exact) mass is 304 g/mol. The fraction of sp³-hybridized carbons (Fsp3) is 0.375. The highest BCUT2D eigenvalue weighted by Gasteiger charge is 2.42. The van der Waals surface area contributed by atoms with Crippen LogP contribution in [0.15, 0.2) is 24.4 Å². The number of nitrogens with zero attached hydrogens (tertiary/aromatic N) is 1. The van der Waals surface area contributed by atoms with Gasteiger partial charge in [-0.05, 0) is 37.1 Å². The van der Waals surface area contributed by atoms with Gasteiger partial charge in [0, 0.05) is 30.2 Å². The Kier molecular flexibility index (Phi) is 3.39. The summed E-state index contributed by atoms with van der Waals surface area (Å²) in [4.78, 5) is 28.2. The summed E-state index contributed by atoms with van der Waals surface area (Å²) in [5, 5.41) is 9.90. The first-order chi connectivity index (χ1) is 10.4. The molecule has 0 saturated carbocycles. The van der Waals surface area contributed by atoms with Gasteiger partial charge >= 0.3 is 5.97 Å². The first-order valence-electron chi connectivity index (χ1n) is 7.16. The second-order valence-electron chi connectivity index (χ2n) is 6.11. The van der Waals surface area contributed by atoms with Crippen LogP contribution in [0.2, 0.25) is 0 Å². The molecule has 1 amide bonds. The number of carbonyl (C=O) groups is 2. The third-order valence-corrected chi connectivity index (χ3v) is 4.41. The largest absolute Gasteiger partial charge is 0.481 e. The van der Waals surface area contributed by atoms with Crippen LogP contribution in [0, 0.1) is 11.2 Å². The van der Waals surface area contributed by atoms with Gasteiger partial charge < -0.3 is 15.0 Å². The summed E-state index contributed by atoms with van der Waals surface area (Å²) >= 11 is 0. The molecule has 2 aromatic rings. The van der Waals surface area contributed by atoms with E-state index in [9.17, 15) is 19.1 Å². The van der Waals surface area contributed by atoms with Gasteiger partial charge in [0.05, 0.1) is 11.8 Å². The molecule has 5 nitrogen and oxygen atoms in total. The Bertz CT molecular complexity index is 755. The van der Waals surface area contributed by atoms with Gasteiger partial charge in [0.15, 0.2) is 0 Å². The average Bonchev–Trinajstić information content (AvgIpc) is 3.04. The molecule has 3 rings (SSSR count). The quantitative estimate of drug-likeness (QED) is 0.912. The van der Waals surface area contributed by atoms with E-state index in [4.69, 9.17) is 0 Å². The fourth-order valence-corrected chi connectivity index (χ4v) is 2.92. The Morgan fingerprint density at radius 1 is 1.45 bits per heavy atom. The van der Waals surface area contributed by atoms with Crippen molar-refractivity contribution in [3.8, 4) is 0 Å². The van der Waals surface area contributed by atoms with Gasteiger partial charge in [-0.25, -0.2) is 4.39 Å². The van der Waals surface area contributed by atoms with Crippen molar-refractivity contribution in [1.82, 2.24) is 9.88 Å². The molecule has 0 spiro atoms. The molecule has 22 heavy (non-hydrogen) atoms. The first kappa shape index (κ1) is 14.6. The Hall–Kier alpha value is -2.37. The van der Waals surface area contributed by atoms with E-state index in [1.165, 1.54) is 12.1 Å². The van der Waals surface area contributed by atoms with Crippen molar-refractivity contribution in [2.75, 3.05) is 13.1 Å². The van der Waals surface area contributed by atoms with E-state index in [0.29, 0.717) is 18.4 Å². The number of aliphatic carboxylic acids is 1. The Balaban J connectivity index is 1.77. The maximum Gasteiger partial charge on any atom is 0.311 e. The Labute approximate surface area is 126 Å².